The zero-order valence-electron chi connectivity index (χ0n) is 17.5. The third-order valence-electron chi connectivity index (χ3n) is 5.43. The van der Waals surface area contributed by atoms with E-state index in [1.807, 2.05) is 30.3 Å². The van der Waals surface area contributed by atoms with Gasteiger partial charge < -0.3 is 9.42 Å². The fourth-order valence-electron chi connectivity index (χ4n) is 3.73. The topological polar surface area (TPSA) is 96.6 Å². The Morgan fingerprint density at radius 1 is 1.19 bits per heavy atom. The van der Waals surface area contributed by atoms with Gasteiger partial charge in [-0.3, -0.25) is 4.79 Å². The molecule has 0 N–H and O–H groups in total. The van der Waals surface area contributed by atoms with E-state index in [1.165, 1.54) is 21.3 Å². The van der Waals surface area contributed by atoms with E-state index in [4.69, 9.17) is 4.52 Å². The number of hydrogen-bond donors (Lipinski definition) is 0. The molecule has 1 unspecified atom stereocenters. The van der Waals surface area contributed by atoms with Crippen molar-refractivity contribution in [2.45, 2.75) is 24.3 Å². The molecule has 1 amide bonds. The SMILES string of the molecule is CN(Cc1nc(-c2ccccc2)no1)C(=O)C1CCCN(S(=O)(=O)c2ccc(F)cc2)C1. The highest BCUT2D eigenvalue weighted by Crippen LogP contribution is 2.25. The first-order valence-electron chi connectivity index (χ1n) is 10.2. The van der Waals surface area contributed by atoms with Gasteiger partial charge in [-0.2, -0.15) is 9.29 Å². The summed E-state index contributed by atoms with van der Waals surface area (Å²) in [5, 5.41) is 3.96. The molecule has 4 rings (SSSR count). The first-order valence-corrected chi connectivity index (χ1v) is 11.7. The molecule has 1 saturated heterocycles. The second-order valence-corrected chi connectivity index (χ2v) is 9.67. The summed E-state index contributed by atoms with van der Waals surface area (Å²) >= 11 is 0. The van der Waals surface area contributed by atoms with Crippen molar-refractivity contribution < 1.29 is 22.1 Å². The molecule has 0 radical (unpaired) electrons. The number of halogens is 1. The largest absolute Gasteiger partial charge is 0.337 e. The minimum atomic E-state index is -3.80. The Balaban J connectivity index is 1.41. The van der Waals surface area contributed by atoms with Crippen LogP contribution in [0.4, 0.5) is 4.39 Å². The van der Waals surface area contributed by atoms with E-state index < -0.39 is 21.8 Å². The molecule has 10 heteroatoms. The summed E-state index contributed by atoms with van der Waals surface area (Å²) in [6.45, 7) is 0.513. The molecule has 2 heterocycles. The lowest BCUT2D eigenvalue weighted by Crippen LogP contribution is -2.45. The Kier molecular flexibility index (Phi) is 6.33. The Morgan fingerprint density at radius 3 is 2.62 bits per heavy atom. The number of rotatable bonds is 6. The first kappa shape index (κ1) is 22.1. The van der Waals surface area contributed by atoms with Gasteiger partial charge in [0.2, 0.25) is 27.6 Å². The highest BCUT2D eigenvalue weighted by atomic mass is 32.2. The number of aromatic nitrogens is 2. The van der Waals surface area contributed by atoms with Crippen molar-refractivity contribution in [3.63, 3.8) is 0 Å². The minimum absolute atomic E-state index is 0.0136. The number of benzene rings is 2. The van der Waals surface area contributed by atoms with Crippen LogP contribution in [0.25, 0.3) is 11.4 Å². The van der Waals surface area contributed by atoms with Gasteiger partial charge in [-0.15, -0.1) is 0 Å². The lowest BCUT2D eigenvalue weighted by molar-refractivity contribution is -0.136. The van der Waals surface area contributed by atoms with Crippen molar-refractivity contribution >= 4 is 15.9 Å². The molecule has 1 atom stereocenters. The summed E-state index contributed by atoms with van der Waals surface area (Å²) in [6, 6.07) is 14.1. The monoisotopic (exact) mass is 458 g/mol. The van der Waals surface area contributed by atoms with E-state index in [-0.39, 0.29) is 23.9 Å². The number of hydrogen-bond acceptors (Lipinski definition) is 6. The fraction of sp³-hybridized carbons (Fsp3) is 0.318. The number of sulfonamides is 1. The first-order chi connectivity index (χ1) is 15.3. The summed E-state index contributed by atoms with van der Waals surface area (Å²) in [5.41, 5.74) is 0.811. The van der Waals surface area contributed by atoms with Gasteiger partial charge in [0.25, 0.3) is 0 Å². The molecule has 0 bridgehead atoms. The molecule has 1 aliphatic rings. The molecule has 1 fully saturated rings. The van der Waals surface area contributed by atoms with Crippen LogP contribution >= 0.6 is 0 Å². The average Bonchev–Trinajstić information content (AvgIpc) is 3.28. The quantitative estimate of drug-likeness (QED) is 0.564. The lowest BCUT2D eigenvalue weighted by atomic mass is 9.98. The summed E-state index contributed by atoms with van der Waals surface area (Å²) < 4.78 is 45.6. The number of amides is 1. The van der Waals surface area contributed by atoms with Gasteiger partial charge in [0.15, 0.2) is 0 Å². The fourth-order valence-corrected chi connectivity index (χ4v) is 5.26. The standard InChI is InChI=1S/C22H23FN4O4S/c1-26(15-20-24-21(25-31-20)16-6-3-2-4-7-16)22(28)17-8-5-13-27(14-17)32(29,30)19-11-9-18(23)10-12-19/h2-4,6-7,9-12,17H,5,8,13-15H2,1H3. The third kappa shape index (κ3) is 4.71. The van der Waals surface area contributed by atoms with Gasteiger partial charge in [0.05, 0.1) is 17.4 Å². The van der Waals surface area contributed by atoms with Gasteiger partial charge >= 0.3 is 0 Å². The average molecular weight is 459 g/mol. The highest BCUT2D eigenvalue weighted by Gasteiger charge is 2.34. The van der Waals surface area contributed by atoms with Crippen molar-refractivity contribution in [3.8, 4) is 11.4 Å². The van der Waals surface area contributed by atoms with Gasteiger partial charge in [-0.25, -0.2) is 12.8 Å². The van der Waals surface area contributed by atoms with E-state index >= 15 is 0 Å². The highest BCUT2D eigenvalue weighted by molar-refractivity contribution is 7.89. The van der Waals surface area contributed by atoms with Crippen LogP contribution in [0.3, 0.4) is 0 Å². The van der Waals surface area contributed by atoms with Crippen LogP contribution < -0.4 is 0 Å². The van der Waals surface area contributed by atoms with Crippen molar-refractivity contribution in [3.05, 3.63) is 66.3 Å². The van der Waals surface area contributed by atoms with E-state index in [0.29, 0.717) is 31.1 Å². The Bertz CT molecular complexity index is 1180. The van der Waals surface area contributed by atoms with Crippen LogP contribution in [0.1, 0.15) is 18.7 Å². The van der Waals surface area contributed by atoms with Crippen molar-refractivity contribution in [2.24, 2.45) is 5.92 Å². The van der Waals surface area contributed by atoms with Crippen molar-refractivity contribution in [1.29, 1.82) is 0 Å². The Labute approximate surface area is 185 Å². The zero-order valence-corrected chi connectivity index (χ0v) is 18.3. The van der Waals surface area contributed by atoms with Crippen LogP contribution in [0.15, 0.2) is 64.0 Å². The van der Waals surface area contributed by atoms with Crippen LogP contribution in [-0.4, -0.2) is 53.8 Å². The van der Waals surface area contributed by atoms with Crippen LogP contribution in [-0.2, 0) is 21.4 Å². The van der Waals surface area contributed by atoms with Gasteiger partial charge in [0.1, 0.15) is 5.82 Å². The third-order valence-corrected chi connectivity index (χ3v) is 7.31. The Hall–Kier alpha value is -3.11. The van der Waals surface area contributed by atoms with Gasteiger partial charge in [-0.05, 0) is 37.1 Å². The second kappa shape index (κ2) is 9.17. The van der Waals surface area contributed by atoms with Crippen molar-refractivity contribution in [2.75, 3.05) is 20.1 Å². The summed E-state index contributed by atoms with van der Waals surface area (Å²) in [4.78, 5) is 18.8. The summed E-state index contributed by atoms with van der Waals surface area (Å²) in [7, 11) is -2.17. The van der Waals surface area contributed by atoms with Crippen LogP contribution in [0.2, 0.25) is 0 Å². The maximum absolute atomic E-state index is 13.2. The molecule has 32 heavy (non-hydrogen) atoms. The van der Waals surface area contributed by atoms with Crippen LogP contribution in [0.5, 0.6) is 0 Å². The molecule has 0 spiro atoms. The Morgan fingerprint density at radius 2 is 1.91 bits per heavy atom. The molecule has 8 nitrogen and oxygen atoms in total. The van der Waals surface area contributed by atoms with E-state index in [1.54, 1.807) is 7.05 Å². The number of carbonyl (C=O) groups excluding carboxylic acids is 1. The second-order valence-electron chi connectivity index (χ2n) is 7.73. The van der Waals surface area contributed by atoms with Gasteiger partial charge in [-0.1, -0.05) is 35.5 Å². The molecular weight excluding hydrogens is 435 g/mol. The van der Waals surface area contributed by atoms with E-state index in [9.17, 15) is 17.6 Å². The maximum atomic E-state index is 13.2. The van der Waals surface area contributed by atoms with E-state index in [0.717, 1.165) is 17.7 Å². The molecule has 1 aromatic heterocycles. The summed E-state index contributed by atoms with van der Waals surface area (Å²) in [6.07, 6.45) is 1.14. The molecule has 0 saturated carbocycles. The van der Waals surface area contributed by atoms with Crippen LogP contribution in [0, 0.1) is 11.7 Å². The molecule has 0 aliphatic carbocycles. The smallest absolute Gasteiger partial charge is 0.246 e. The molecular formula is C22H23FN4O4S. The predicted octanol–water partition coefficient (Wildman–Crippen LogP) is 2.94. The summed E-state index contributed by atoms with van der Waals surface area (Å²) in [5.74, 6) is -0.445. The normalized spacial score (nSPS) is 17.2. The molecule has 1 aliphatic heterocycles. The molecule has 3 aromatic rings. The molecule has 2 aromatic carbocycles. The van der Waals surface area contributed by atoms with Crippen molar-refractivity contribution in [1.82, 2.24) is 19.3 Å². The number of piperidine rings is 1. The van der Waals surface area contributed by atoms with Gasteiger partial charge in [0, 0.05) is 25.7 Å². The maximum Gasteiger partial charge on any atom is 0.246 e. The predicted molar refractivity (Wildman–Crippen MR) is 114 cm³/mol. The minimum Gasteiger partial charge on any atom is -0.337 e. The zero-order chi connectivity index (χ0) is 22.7. The number of carbonyl (C=O) groups is 1. The lowest BCUT2D eigenvalue weighted by Gasteiger charge is -2.33. The molecule has 168 valence electrons. The van der Waals surface area contributed by atoms with E-state index in [2.05, 4.69) is 10.1 Å². The number of nitrogens with zero attached hydrogens (tertiary/aromatic N) is 4.